The highest BCUT2D eigenvalue weighted by Crippen LogP contribution is 2.63. The van der Waals surface area contributed by atoms with Gasteiger partial charge in [-0.05, 0) is 62.2 Å². The highest BCUT2D eigenvalue weighted by Gasteiger charge is 2.51. The molecular weight excluding hydrogens is 470 g/mol. The molecule has 0 radical (unpaired) electrons. The van der Waals surface area contributed by atoms with Crippen molar-refractivity contribution in [3.63, 3.8) is 0 Å². The van der Waals surface area contributed by atoms with Crippen molar-refractivity contribution in [2.24, 2.45) is 7.05 Å². The third-order valence-corrected chi connectivity index (χ3v) is 9.24. The number of hydrogen-bond donors (Lipinski definition) is 0. The molecule has 0 N–H and O–H groups in total. The molecule has 1 aromatic heterocycles. The summed E-state index contributed by atoms with van der Waals surface area (Å²) in [6.07, 6.45) is 0. The van der Waals surface area contributed by atoms with Gasteiger partial charge < -0.3 is 4.57 Å². The first-order valence-corrected chi connectivity index (χ1v) is 13.7. The zero-order valence-electron chi connectivity index (χ0n) is 21.6. The van der Waals surface area contributed by atoms with Crippen LogP contribution >= 0.6 is 0 Å². The normalized spacial score (nSPS) is 14.0. The van der Waals surface area contributed by atoms with Crippen molar-refractivity contribution >= 4 is 21.8 Å². The van der Waals surface area contributed by atoms with E-state index in [4.69, 9.17) is 0 Å². The second-order valence-electron chi connectivity index (χ2n) is 10.9. The van der Waals surface area contributed by atoms with Gasteiger partial charge in [-0.25, -0.2) is 0 Å². The van der Waals surface area contributed by atoms with Crippen LogP contribution in [0, 0.1) is 0 Å². The average molecular weight is 496 g/mol. The molecule has 182 valence electrons. The second-order valence-corrected chi connectivity index (χ2v) is 10.9. The summed E-state index contributed by atoms with van der Waals surface area (Å²) in [7, 11) is 2.20. The Morgan fingerprint density at radius 1 is 0.436 bits per heavy atom. The average Bonchev–Trinajstić information content (AvgIpc) is 3.59. The van der Waals surface area contributed by atoms with Gasteiger partial charge >= 0.3 is 0 Å². The molecule has 39 heavy (non-hydrogen) atoms. The van der Waals surface area contributed by atoms with Crippen LogP contribution in [-0.4, -0.2) is 4.57 Å². The number of benzene rings is 6. The van der Waals surface area contributed by atoms with Gasteiger partial charge in [0, 0.05) is 28.9 Å². The molecule has 9 rings (SSSR count). The van der Waals surface area contributed by atoms with E-state index in [9.17, 15) is 0 Å². The van der Waals surface area contributed by atoms with Gasteiger partial charge in [-0.1, -0.05) is 121 Å². The quantitative estimate of drug-likeness (QED) is 0.214. The fourth-order valence-corrected chi connectivity index (χ4v) is 7.73. The number of hydrogen-bond acceptors (Lipinski definition) is 0. The molecule has 0 amide bonds. The summed E-state index contributed by atoms with van der Waals surface area (Å²) in [5, 5.41) is 2.61. The zero-order valence-corrected chi connectivity index (χ0v) is 21.6. The van der Waals surface area contributed by atoms with Gasteiger partial charge in [0.05, 0.1) is 10.9 Å². The molecule has 0 bridgehead atoms. The predicted molar refractivity (Wildman–Crippen MR) is 162 cm³/mol. The Balaban J connectivity index is 1.40. The molecular formula is C38H25N. The van der Waals surface area contributed by atoms with Crippen molar-refractivity contribution in [3.8, 4) is 33.4 Å². The Morgan fingerprint density at radius 2 is 0.949 bits per heavy atom. The maximum atomic E-state index is 2.49. The molecule has 0 atom stereocenters. The van der Waals surface area contributed by atoms with Crippen LogP contribution in [-0.2, 0) is 12.5 Å². The lowest BCUT2D eigenvalue weighted by Crippen LogP contribution is -2.25. The van der Waals surface area contributed by atoms with Crippen molar-refractivity contribution in [1.82, 2.24) is 4.57 Å². The molecule has 7 aromatic rings. The molecule has 6 aromatic carbocycles. The number of para-hydroxylation sites is 2. The number of rotatable bonds is 1. The second kappa shape index (κ2) is 7.36. The Labute approximate surface area is 227 Å². The van der Waals surface area contributed by atoms with E-state index in [1.807, 2.05) is 0 Å². The lowest BCUT2D eigenvalue weighted by Gasteiger charge is -2.30. The molecule has 1 nitrogen and oxygen atoms in total. The van der Waals surface area contributed by atoms with Crippen molar-refractivity contribution in [2.45, 2.75) is 5.41 Å². The highest BCUT2D eigenvalue weighted by molar-refractivity contribution is 6.12. The summed E-state index contributed by atoms with van der Waals surface area (Å²) >= 11 is 0. The molecule has 1 heteroatoms. The topological polar surface area (TPSA) is 4.93 Å². The van der Waals surface area contributed by atoms with E-state index in [2.05, 4.69) is 145 Å². The zero-order chi connectivity index (χ0) is 25.7. The van der Waals surface area contributed by atoms with Gasteiger partial charge in [-0.2, -0.15) is 0 Å². The van der Waals surface area contributed by atoms with Gasteiger partial charge in [-0.3, -0.25) is 0 Å². The summed E-state index contributed by atoms with van der Waals surface area (Å²) in [4.78, 5) is 0. The van der Waals surface area contributed by atoms with Crippen LogP contribution in [0.1, 0.15) is 22.3 Å². The van der Waals surface area contributed by atoms with Crippen LogP contribution in [0.15, 0.2) is 133 Å². The maximum absolute atomic E-state index is 2.49. The van der Waals surface area contributed by atoms with E-state index in [0.717, 1.165) is 0 Å². The first-order chi connectivity index (χ1) is 19.3. The fraction of sp³-hybridized carbons (Fsp3) is 0.0526. The molecule has 0 fully saturated rings. The van der Waals surface area contributed by atoms with Gasteiger partial charge in [0.15, 0.2) is 0 Å². The Kier molecular flexibility index (Phi) is 3.98. The van der Waals surface area contributed by atoms with E-state index >= 15 is 0 Å². The van der Waals surface area contributed by atoms with Crippen LogP contribution in [0.5, 0.6) is 0 Å². The van der Waals surface area contributed by atoms with Crippen LogP contribution in [0.25, 0.3) is 55.2 Å². The Bertz CT molecular complexity index is 2080. The summed E-state index contributed by atoms with van der Waals surface area (Å²) in [5.41, 5.74) is 15.7. The summed E-state index contributed by atoms with van der Waals surface area (Å²) in [6.45, 7) is 0. The maximum Gasteiger partial charge on any atom is 0.0725 e. The van der Waals surface area contributed by atoms with Crippen molar-refractivity contribution in [2.75, 3.05) is 0 Å². The molecule has 0 saturated heterocycles. The summed E-state index contributed by atoms with van der Waals surface area (Å²) in [6, 6.07) is 49.7. The Morgan fingerprint density at radius 3 is 1.62 bits per heavy atom. The number of aryl methyl sites for hydroxylation is 1. The molecule has 0 aliphatic heterocycles. The van der Waals surface area contributed by atoms with Gasteiger partial charge in [-0.15, -0.1) is 0 Å². The van der Waals surface area contributed by atoms with Crippen LogP contribution < -0.4 is 0 Å². The van der Waals surface area contributed by atoms with E-state index < -0.39 is 0 Å². The summed E-state index contributed by atoms with van der Waals surface area (Å²) < 4.78 is 2.36. The molecule has 1 spiro atoms. The standard InChI is InChI=1S/C38H25N/c1-39-36-20-9-5-14-30(36)31-16-10-15-25(37(31)39)24-21-22-29-28-13-4-8-19-34(28)38(35(29)23-24)32-17-6-2-11-26(32)27-12-3-7-18-33(27)38/h2-23H,1H3. The minimum absolute atomic E-state index is 0.318. The first kappa shape index (κ1) is 21.1. The number of nitrogens with zero attached hydrogens (tertiary/aromatic N) is 1. The lowest BCUT2D eigenvalue weighted by atomic mass is 9.70. The van der Waals surface area contributed by atoms with E-state index in [1.54, 1.807) is 0 Å². The Hall–Kier alpha value is -4.88. The van der Waals surface area contributed by atoms with Gasteiger partial charge in [0.2, 0.25) is 0 Å². The fourth-order valence-electron chi connectivity index (χ4n) is 7.73. The largest absolute Gasteiger partial charge is 0.343 e. The SMILES string of the molecule is Cn1c2ccccc2c2cccc(-c3ccc4c(c3)C3(c5ccccc5-c5ccccc53)c3ccccc3-4)c21. The predicted octanol–water partition coefficient (Wildman–Crippen LogP) is 9.34. The van der Waals surface area contributed by atoms with Crippen molar-refractivity contribution in [1.29, 1.82) is 0 Å². The molecule has 0 unspecified atom stereocenters. The lowest BCUT2D eigenvalue weighted by molar-refractivity contribution is 0.794. The van der Waals surface area contributed by atoms with E-state index in [-0.39, 0.29) is 5.41 Å². The number of aromatic nitrogens is 1. The molecule has 2 aliphatic carbocycles. The smallest absolute Gasteiger partial charge is 0.0725 e. The number of fused-ring (bicyclic) bond motifs is 13. The summed E-state index contributed by atoms with van der Waals surface area (Å²) in [5.74, 6) is 0. The van der Waals surface area contributed by atoms with Crippen molar-refractivity contribution in [3.05, 3.63) is 156 Å². The molecule has 2 aliphatic rings. The molecule has 1 heterocycles. The highest BCUT2D eigenvalue weighted by atomic mass is 14.9. The minimum Gasteiger partial charge on any atom is -0.343 e. The monoisotopic (exact) mass is 495 g/mol. The van der Waals surface area contributed by atoms with Crippen LogP contribution in [0.2, 0.25) is 0 Å². The van der Waals surface area contributed by atoms with Crippen LogP contribution in [0.4, 0.5) is 0 Å². The van der Waals surface area contributed by atoms with E-state index in [0.29, 0.717) is 0 Å². The van der Waals surface area contributed by atoms with Crippen molar-refractivity contribution < 1.29 is 0 Å². The third kappa shape index (κ3) is 2.46. The van der Waals surface area contributed by atoms with Gasteiger partial charge in [0.25, 0.3) is 0 Å². The third-order valence-electron chi connectivity index (χ3n) is 9.24. The van der Waals surface area contributed by atoms with E-state index in [1.165, 1.54) is 77.4 Å². The molecule has 0 saturated carbocycles. The van der Waals surface area contributed by atoms with Gasteiger partial charge in [0.1, 0.15) is 0 Å². The first-order valence-electron chi connectivity index (χ1n) is 13.7. The van der Waals surface area contributed by atoms with Crippen LogP contribution in [0.3, 0.4) is 0 Å². The minimum atomic E-state index is -0.318.